The molecule has 0 radical (unpaired) electrons. The second-order valence-corrected chi connectivity index (χ2v) is 5.93. The summed E-state index contributed by atoms with van der Waals surface area (Å²) in [4.78, 5) is 25.6. The Morgan fingerprint density at radius 1 is 1.08 bits per heavy atom. The van der Waals surface area contributed by atoms with Crippen LogP contribution in [-0.2, 0) is 4.74 Å². The number of carbonyl (C=O) groups is 2. The number of carbonyl (C=O) groups excluding carboxylic acids is 2. The van der Waals surface area contributed by atoms with E-state index < -0.39 is 0 Å². The van der Waals surface area contributed by atoms with Crippen LogP contribution in [0, 0.1) is 5.92 Å². The minimum atomic E-state index is -0.269. The van der Waals surface area contributed by atoms with Gasteiger partial charge in [0.25, 0.3) is 0 Å². The Kier molecular flexibility index (Phi) is 6.46. The molecule has 2 rings (SSSR count). The van der Waals surface area contributed by atoms with Crippen LogP contribution in [0.15, 0.2) is 18.2 Å². The van der Waals surface area contributed by atoms with Gasteiger partial charge in [0.1, 0.15) is 0 Å². The van der Waals surface area contributed by atoms with Crippen LogP contribution in [-0.4, -0.2) is 51.2 Å². The Bertz CT molecular complexity index is 579. The Balaban J connectivity index is 1.85. The number of Topliss-reactive ketones (excluding diaryl/α,β-unsaturated/α-hetero) is 1. The molecule has 0 aliphatic carbocycles. The third-order valence-corrected chi connectivity index (χ3v) is 4.53. The van der Waals surface area contributed by atoms with Gasteiger partial charge in [-0.05, 0) is 43.4 Å². The van der Waals surface area contributed by atoms with Crippen LogP contribution in [0.3, 0.4) is 0 Å². The quantitative estimate of drug-likeness (QED) is 0.747. The van der Waals surface area contributed by atoms with Crippen LogP contribution < -0.4 is 9.47 Å². The van der Waals surface area contributed by atoms with Gasteiger partial charge in [-0.3, -0.25) is 4.79 Å². The summed E-state index contributed by atoms with van der Waals surface area (Å²) in [6.07, 6.45) is 2.89. The van der Waals surface area contributed by atoms with Gasteiger partial charge in [-0.25, -0.2) is 4.79 Å². The molecule has 1 amide bonds. The summed E-state index contributed by atoms with van der Waals surface area (Å²) in [6, 6.07) is 5.24. The highest BCUT2D eigenvalue weighted by atomic mass is 16.5. The van der Waals surface area contributed by atoms with E-state index in [1.807, 2.05) is 0 Å². The molecule has 1 aliphatic rings. The van der Waals surface area contributed by atoms with Gasteiger partial charge in [0, 0.05) is 25.1 Å². The molecule has 1 aromatic carbocycles. The lowest BCUT2D eigenvalue weighted by atomic mass is 9.90. The first kappa shape index (κ1) is 18.1. The molecular weight excluding hydrogens is 310 g/mol. The Morgan fingerprint density at radius 3 is 2.33 bits per heavy atom. The van der Waals surface area contributed by atoms with E-state index >= 15 is 0 Å². The topological polar surface area (TPSA) is 65.1 Å². The van der Waals surface area contributed by atoms with Crippen molar-refractivity contribution < 1.29 is 23.8 Å². The van der Waals surface area contributed by atoms with E-state index in [0.29, 0.717) is 42.5 Å². The molecule has 0 aromatic heterocycles. The van der Waals surface area contributed by atoms with Crippen molar-refractivity contribution in [1.82, 2.24) is 4.90 Å². The molecule has 0 atom stereocenters. The van der Waals surface area contributed by atoms with Gasteiger partial charge in [-0.1, -0.05) is 0 Å². The first-order chi connectivity index (χ1) is 11.6. The van der Waals surface area contributed by atoms with Crippen molar-refractivity contribution in [2.45, 2.75) is 25.7 Å². The number of piperidine rings is 1. The molecule has 1 heterocycles. The van der Waals surface area contributed by atoms with Crippen molar-refractivity contribution in [3.05, 3.63) is 23.8 Å². The van der Waals surface area contributed by atoms with E-state index in [1.165, 1.54) is 7.11 Å². The Labute approximate surface area is 142 Å². The van der Waals surface area contributed by atoms with Crippen LogP contribution in [0.4, 0.5) is 4.79 Å². The number of amides is 1. The predicted octanol–water partition coefficient (Wildman–Crippen LogP) is 3.15. The summed E-state index contributed by atoms with van der Waals surface area (Å²) in [6.45, 7) is 1.39. The minimum absolute atomic E-state index is 0.103. The fourth-order valence-electron chi connectivity index (χ4n) is 3.02. The van der Waals surface area contributed by atoms with Crippen LogP contribution >= 0.6 is 0 Å². The van der Waals surface area contributed by atoms with Gasteiger partial charge in [0.05, 0.1) is 21.3 Å². The van der Waals surface area contributed by atoms with E-state index in [-0.39, 0.29) is 11.9 Å². The molecule has 1 fully saturated rings. The standard InChI is InChI=1S/C18H25NO5/c1-22-16-7-5-14(12-17(16)23-2)15(20)6-4-13-8-10-19(11-9-13)18(21)24-3/h5,7,12-13H,4,6,8-11H2,1-3H3. The lowest BCUT2D eigenvalue weighted by Gasteiger charge is -2.30. The summed E-state index contributed by atoms with van der Waals surface area (Å²) in [5.41, 5.74) is 0.639. The van der Waals surface area contributed by atoms with Gasteiger partial charge in [-0.15, -0.1) is 0 Å². The number of hydrogen-bond acceptors (Lipinski definition) is 5. The largest absolute Gasteiger partial charge is 0.493 e. The Hall–Kier alpha value is -2.24. The zero-order valence-electron chi connectivity index (χ0n) is 14.5. The number of nitrogens with zero attached hydrogens (tertiary/aromatic N) is 1. The van der Waals surface area contributed by atoms with Gasteiger partial charge < -0.3 is 19.1 Å². The molecule has 6 nitrogen and oxygen atoms in total. The summed E-state index contributed by atoms with van der Waals surface area (Å²) < 4.78 is 15.2. The van der Waals surface area contributed by atoms with E-state index in [0.717, 1.165) is 19.3 Å². The summed E-state index contributed by atoms with van der Waals surface area (Å²) in [7, 11) is 4.53. The number of methoxy groups -OCH3 is 3. The molecule has 1 saturated heterocycles. The maximum Gasteiger partial charge on any atom is 0.409 e. The molecule has 24 heavy (non-hydrogen) atoms. The van der Waals surface area contributed by atoms with Gasteiger partial charge in [0.15, 0.2) is 17.3 Å². The third-order valence-electron chi connectivity index (χ3n) is 4.53. The second-order valence-electron chi connectivity index (χ2n) is 5.93. The minimum Gasteiger partial charge on any atom is -0.493 e. The van der Waals surface area contributed by atoms with Crippen LogP contribution in [0.1, 0.15) is 36.0 Å². The van der Waals surface area contributed by atoms with Gasteiger partial charge in [-0.2, -0.15) is 0 Å². The second kappa shape index (κ2) is 8.57. The maximum absolute atomic E-state index is 12.4. The number of hydrogen-bond donors (Lipinski definition) is 0. The number of ether oxygens (including phenoxy) is 3. The summed E-state index contributed by atoms with van der Waals surface area (Å²) >= 11 is 0. The highest BCUT2D eigenvalue weighted by Crippen LogP contribution is 2.29. The SMILES string of the molecule is COC(=O)N1CCC(CCC(=O)c2ccc(OC)c(OC)c2)CC1. The summed E-state index contributed by atoms with van der Waals surface area (Å²) in [5, 5.41) is 0. The molecule has 0 spiro atoms. The van der Waals surface area contributed by atoms with E-state index in [4.69, 9.17) is 14.2 Å². The lowest BCUT2D eigenvalue weighted by molar-refractivity contribution is 0.0933. The van der Waals surface area contributed by atoms with Crippen LogP contribution in [0.5, 0.6) is 11.5 Å². The lowest BCUT2D eigenvalue weighted by Crippen LogP contribution is -2.38. The fraction of sp³-hybridized carbons (Fsp3) is 0.556. The van der Waals surface area contributed by atoms with Crippen molar-refractivity contribution in [2.24, 2.45) is 5.92 Å². The van der Waals surface area contributed by atoms with E-state index in [9.17, 15) is 9.59 Å². The predicted molar refractivity (Wildman–Crippen MR) is 89.8 cm³/mol. The van der Waals surface area contributed by atoms with E-state index in [1.54, 1.807) is 37.3 Å². The van der Waals surface area contributed by atoms with Crippen molar-refractivity contribution >= 4 is 11.9 Å². The monoisotopic (exact) mass is 335 g/mol. The maximum atomic E-state index is 12.4. The Morgan fingerprint density at radius 2 is 1.75 bits per heavy atom. The molecular formula is C18H25NO5. The average molecular weight is 335 g/mol. The summed E-state index contributed by atoms with van der Waals surface area (Å²) in [5.74, 6) is 1.75. The normalized spacial score (nSPS) is 15.0. The molecule has 132 valence electrons. The number of ketones is 1. The van der Waals surface area contributed by atoms with Crippen molar-refractivity contribution in [2.75, 3.05) is 34.4 Å². The van der Waals surface area contributed by atoms with Crippen LogP contribution in [0.25, 0.3) is 0 Å². The molecule has 1 aromatic rings. The molecule has 0 N–H and O–H groups in total. The van der Waals surface area contributed by atoms with Crippen LogP contribution in [0.2, 0.25) is 0 Å². The molecule has 0 unspecified atom stereocenters. The third kappa shape index (κ3) is 4.40. The van der Waals surface area contributed by atoms with E-state index in [2.05, 4.69) is 0 Å². The number of likely N-dealkylation sites (tertiary alicyclic amines) is 1. The smallest absolute Gasteiger partial charge is 0.409 e. The highest BCUT2D eigenvalue weighted by Gasteiger charge is 2.23. The fourth-order valence-corrected chi connectivity index (χ4v) is 3.02. The zero-order chi connectivity index (χ0) is 17.5. The zero-order valence-corrected chi connectivity index (χ0v) is 14.5. The molecule has 0 saturated carbocycles. The van der Waals surface area contributed by atoms with Gasteiger partial charge >= 0.3 is 6.09 Å². The highest BCUT2D eigenvalue weighted by molar-refractivity contribution is 5.96. The van der Waals surface area contributed by atoms with Crippen molar-refractivity contribution in [3.8, 4) is 11.5 Å². The van der Waals surface area contributed by atoms with Crippen molar-refractivity contribution in [1.29, 1.82) is 0 Å². The van der Waals surface area contributed by atoms with Crippen molar-refractivity contribution in [3.63, 3.8) is 0 Å². The average Bonchev–Trinajstić information content (AvgIpc) is 2.65. The first-order valence-electron chi connectivity index (χ1n) is 8.17. The first-order valence-corrected chi connectivity index (χ1v) is 8.17. The molecule has 1 aliphatic heterocycles. The van der Waals surface area contributed by atoms with Gasteiger partial charge in [0.2, 0.25) is 0 Å². The number of rotatable bonds is 6. The molecule has 0 bridgehead atoms. The number of benzene rings is 1. The molecule has 6 heteroatoms.